The van der Waals surface area contributed by atoms with Crippen LogP contribution in [0.4, 0.5) is 0 Å². The predicted octanol–water partition coefficient (Wildman–Crippen LogP) is 0.489. The van der Waals surface area contributed by atoms with Crippen LogP contribution in [-0.4, -0.2) is 84.8 Å². The van der Waals surface area contributed by atoms with E-state index in [0.29, 0.717) is 12.1 Å². The molecule has 2 amide bonds. The van der Waals surface area contributed by atoms with Gasteiger partial charge in [0.05, 0.1) is 6.04 Å². The van der Waals surface area contributed by atoms with E-state index >= 15 is 0 Å². The number of hydrogen-bond donors (Lipinski definition) is 2. The van der Waals surface area contributed by atoms with Crippen LogP contribution in [0.2, 0.25) is 0 Å². The average Bonchev–Trinajstić information content (AvgIpc) is 3.29. The van der Waals surface area contributed by atoms with Gasteiger partial charge in [0.1, 0.15) is 0 Å². The molecule has 158 valence electrons. The number of piperazine rings is 1. The number of guanidine groups is 1. The highest BCUT2D eigenvalue weighted by atomic mass is 16.2. The Morgan fingerprint density at radius 1 is 1.03 bits per heavy atom. The number of carbonyl (C=O) groups is 2. The van der Waals surface area contributed by atoms with Crippen molar-refractivity contribution < 1.29 is 9.59 Å². The molecule has 1 aromatic rings. The summed E-state index contributed by atoms with van der Waals surface area (Å²) in [5, 5.41) is 3.38. The van der Waals surface area contributed by atoms with E-state index in [1.165, 1.54) is 0 Å². The van der Waals surface area contributed by atoms with Gasteiger partial charge in [-0.2, -0.15) is 0 Å². The lowest BCUT2D eigenvalue weighted by atomic mass is 10.1. The van der Waals surface area contributed by atoms with Gasteiger partial charge in [0.25, 0.3) is 0 Å². The SMILES string of the molecule is CN=C(NCc1ccc(C(N)=O)cc1)N1CCN(C(C)C(=O)N2CCCC2)CC1. The highest BCUT2D eigenvalue weighted by Gasteiger charge is 2.30. The standard InChI is InChI=1S/C21H32N6O2/c1-16(20(29)26-9-3-4-10-26)25-11-13-27(14-12-25)21(23-2)24-15-17-5-7-18(8-6-17)19(22)28/h5-8,16H,3-4,9-15H2,1-2H3,(H2,22,28)(H,23,24). The lowest BCUT2D eigenvalue weighted by Gasteiger charge is -2.39. The molecule has 0 aromatic heterocycles. The van der Waals surface area contributed by atoms with Gasteiger partial charge in [-0.1, -0.05) is 12.1 Å². The lowest BCUT2D eigenvalue weighted by Crippen LogP contribution is -2.57. The quantitative estimate of drug-likeness (QED) is 0.554. The smallest absolute Gasteiger partial charge is 0.248 e. The van der Waals surface area contributed by atoms with Crippen molar-refractivity contribution in [2.24, 2.45) is 10.7 Å². The second-order valence-electron chi connectivity index (χ2n) is 7.69. The number of amides is 2. The molecule has 29 heavy (non-hydrogen) atoms. The average molecular weight is 401 g/mol. The molecular weight excluding hydrogens is 368 g/mol. The zero-order valence-corrected chi connectivity index (χ0v) is 17.4. The molecule has 8 heteroatoms. The molecule has 2 aliphatic heterocycles. The Morgan fingerprint density at radius 2 is 1.66 bits per heavy atom. The molecule has 2 saturated heterocycles. The Bertz CT molecular complexity index is 734. The molecular formula is C21H32N6O2. The molecule has 8 nitrogen and oxygen atoms in total. The molecule has 2 fully saturated rings. The molecule has 0 aliphatic carbocycles. The van der Waals surface area contributed by atoms with Gasteiger partial charge >= 0.3 is 0 Å². The van der Waals surface area contributed by atoms with Crippen molar-refractivity contribution >= 4 is 17.8 Å². The number of carbonyl (C=O) groups excluding carboxylic acids is 2. The summed E-state index contributed by atoms with van der Waals surface area (Å²) in [7, 11) is 1.78. The topological polar surface area (TPSA) is 94.3 Å². The number of nitrogens with zero attached hydrogens (tertiary/aromatic N) is 4. The second kappa shape index (κ2) is 9.73. The van der Waals surface area contributed by atoms with E-state index in [4.69, 9.17) is 5.73 Å². The van der Waals surface area contributed by atoms with Crippen molar-refractivity contribution in [3.63, 3.8) is 0 Å². The van der Waals surface area contributed by atoms with Gasteiger partial charge in [-0.15, -0.1) is 0 Å². The Labute approximate surface area is 172 Å². The highest BCUT2D eigenvalue weighted by Crippen LogP contribution is 2.14. The fourth-order valence-electron chi connectivity index (χ4n) is 3.98. The third-order valence-electron chi connectivity index (χ3n) is 5.84. The van der Waals surface area contributed by atoms with Crippen molar-refractivity contribution in [3.05, 3.63) is 35.4 Å². The van der Waals surface area contributed by atoms with Crippen molar-refractivity contribution in [2.75, 3.05) is 46.3 Å². The van der Waals surface area contributed by atoms with Crippen LogP contribution in [0.15, 0.2) is 29.3 Å². The van der Waals surface area contributed by atoms with Crippen molar-refractivity contribution in [1.29, 1.82) is 0 Å². The summed E-state index contributed by atoms with van der Waals surface area (Å²) < 4.78 is 0. The van der Waals surface area contributed by atoms with E-state index in [1.807, 2.05) is 24.0 Å². The van der Waals surface area contributed by atoms with E-state index in [2.05, 4.69) is 20.1 Å². The molecule has 0 radical (unpaired) electrons. The summed E-state index contributed by atoms with van der Waals surface area (Å²) >= 11 is 0. The van der Waals surface area contributed by atoms with Crippen LogP contribution in [-0.2, 0) is 11.3 Å². The first-order chi connectivity index (χ1) is 14.0. The van der Waals surface area contributed by atoms with Gasteiger partial charge < -0.3 is 20.9 Å². The molecule has 3 N–H and O–H groups in total. The maximum atomic E-state index is 12.6. The molecule has 0 spiro atoms. The monoisotopic (exact) mass is 400 g/mol. The molecule has 2 aliphatic rings. The van der Waals surface area contributed by atoms with Gasteiger partial charge in [-0.05, 0) is 37.5 Å². The van der Waals surface area contributed by atoms with Crippen LogP contribution in [0.25, 0.3) is 0 Å². The maximum absolute atomic E-state index is 12.6. The molecule has 0 bridgehead atoms. The van der Waals surface area contributed by atoms with Crippen LogP contribution in [0.3, 0.4) is 0 Å². The van der Waals surface area contributed by atoms with E-state index in [1.54, 1.807) is 19.2 Å². The van der Waals surface area contributed by atoms with Gasteiger partial charge in [0.15, 0.2) is 5.96 Å². The number of hydrogen-bond acceptors (Lipinski definition) is 4. The van der Waals surface area contributed by atoms with Crippen LogP contribution in [0.1, 0.15) is 35.7 Å². The highest BCUT2D eigenvalue weighted by molar-refractivity contribution is 5.92. The number of benzene rings is 1. The molecule has 1 atom stereocenters. The van der Waals surface area contributed by atoms with Gasteiger partial charge in [-0.25, -0.2) is 0 Å². The van der Waals surface area contributed by atoms with Crippen molar-refractivity contribution in [3.8, 4) is 0 Å². The number of rotatable bonds is 5. The number of aliphatic imine (C=N–C) groups is 1. The summed E-state index contributed by atoms with van der Waals surface area (Å²) in [5.41, 5.74) is 6.84. The molecule has 1 aromatic carbocycles. The summed E-state index contributed by atoms with van der Waals surface area (Å²) in [4.78, 5) is 34.7. The number of nitrogens with one attached hydrogen (secondary N) is 1. The van der Waals surface area contributed by atoms with Gasteiger partial charge in [0, 0.05) is 58.4 Å². The first-order valence-electron chi connectivity index (χ1n) is 10.4. The number of primary amides is 1. The summed E-state index contributed by atoms with van der Waals surface area (Å²) in [6, 6.07) is 7.20. The normalized spacial score (nSPS) is 19.3. The summed E-state index contributed by atoms with van der Waals surface area (Å²) in [5.74, 6) is 0.690. The zero-order valence-electron chi connectivity index (χ0n) is 17.4. The van der Waals surface area contributed by atoms with Crippen LogP contribution in [0, 0.1) is 0 Å². The fourth-order valence-corrected chi connectivity index (χ4v) is 3.98. The van der Waals surface area contributed by atoms with E-state index in [0.717, 1.165) is 63.6 Å². The minimum absolute atomic E-state index is 0.0611. The molecule has 1 unspecified atom stereocenters. The predicted molar refractivity (Wildman–Crippen MR) is 114 cm³/mol. The van der Waals surface area contributed by atoms with Crippen LogP contribution in [0.5, 0.6) is 0 Å². The third-order valence-corrected chi connectivity index (χ3v) is 5.84. The molecule has 3 rings (SSSR count). The van der Waals surface area contributed by atoms with Crippen molar-refractivity contribution in [2.45, 2.75) is 32.4 Å². The Hall–Kier alpha value is -2.61. The van der Waals surface area contributed by atoms with E-state index < -0.39 is 5.91 Å². The fraction of sp³-hybridized carbons (Fsp3) is 0.571. The third kappa shape index (κ3) is 5.26. The maximum Gasteiger partial charge on any atom is 0.248 e. The minimum Gasteiger partial charge on any atom is -0.366 e. The Kier molecular flexibility index (Phi) is 7.09. The van der Waals surface area contributed by atoms with Crippen molar-refractivity contribution in [1.82, 2.24) is 20.0 Å². The van der Waals surface area contributed by atoms with E-state index in [-0.39, 0.29) is 11.9 Å². The largest absolute Gasteiger partial charge is 0.366 e. The Morgan fingerprint density at radius 3 is 2.21 bits per heavy atom. The first-order valence-corrected chi connectivity index (χ1v) is 10.4. The first kappa shape index (κ1) is 21.1. The van der Waals surface area contributed by atoms with Crippen LogP contribution >= 0.6 is 0 Å². The summed E-state index contributed by atoms with van der Waals surface area (Å²) in [6.45, 7) is 7.80. The van der Waals surface area contributed by atoms with Gasteiger partial charge in [0.2, 0.25) is 11.8 Å². The molecule has 2 heterocycles. The number of likely N-dealkylation sites (tertiary alicyclic amines) is 1. The minimum atomic E-state index is -0.421. The van der Waals surface area contributed by atoms with E-state index in [9.17, 15) is 9.59 Å². The zero-order chi connectivity index (χ0) is 20.8. The van der Waals surface area contributed by atoms with Crippen LogP contribution < -0.4 is 11.1 Å². The number of nitrogens with two attached hydrogens (primary N) is 1. The Balaban J connectivity index is 1.48. The second-order valence-corrected chi connectivity index (χ2v) is 7.69. The lowest BCUT2D eigenvalue weighted by molar-refractivity contribution is -0.135. The van der Waals surface area contributed by atoms with Gasteiger partial charge in [-0.3, -0.25) is 19.5 Å². The summed E-state index contributed by atoms with van der Waals surface area (Å²) in [6.07, 6.45) is 2.25. The molecule has 0 saturated carbocycles.